The van der Waals surface area contributed by atoms with E-state index in [1.807, 2.05) is 6.92 Å². The SMILES string of the molecule is CCOc1cccc2c1[C@@H](C)CC(C)(C)N2. The maximum Gasteiger partial charge on any atom is 0.124 e. The van der Waals surface area contributed by atoms with Gasteiger partial charge in [0, 0.05) is 16.8 Å². The Balaban J connectivity index is 2.43. The summed E-state index contributed by atoms with van der Waals surface area (Å²) in [4.78, 5) is 0. The predicted octanol–water partition coefficient (Wildman–Crippen LogP) is 3.78. The first-order valence-corrected chi connectivity index (χ1v) is 6.07. The third kappa shape index (κ3) is 2.01. The van der Waals surface area contributed by atoms with Crippen LogP contribution in [0.1, 0.15) is 45.6 Å². The van der Waals surface area contributed by atoms with Crippen LogP contribution >= 0.6 is 0 Å². The molecule has 0 amide bonds. The second-order valence-corrected chi connectivity index (χ2v) is 5.26. The zero-order valence-electron chi connectivity index (χ0n) is 10.6. The summed E-state index contributed by atoms with van der Waals surface area (Å²) in [5.74, 6) is 1.59. The Labute approximate surface area is 98.0 Å². The molecule has 1 aromatic carbocycles. The molecule has 2 heteroatoms. The second-order valence-electron chi connectivity index (χ2n) is 5.26. The first kappa shape index (κ1) is 11.3. The van der Waals surface area contributed by atoms with Gasteiger partial charge >= 0.3 is 0 Å². The average Bonchev–Trinajstić information content (AvgIpc) is 2.15. The number of nitrogens with one attached hydrogen (secondary N) is 1. The van der Waals surface area contributed by atoms with Gasteiger partial charge in [-0.2, -0.15) is 0 Å². The van der Waals surface area contributed by atoms with Crippen LogP contribution in [0.15, 0.2) is 18.2 Å². The molecule has 88 valence electrons. The molecule has 1 aliphatic rings. The Hall–Kier alpha value is -1.18. The Morgan fingerprint density at radius 2 is 2.19 bits per heavy atom. The van der Waals surface area contributed by atoms with Gasteiger partial charge in [0.25, 0.3) is 0 Å². The molecule has 1 heterocycles. The summed E-state index contributed by atoms with van der Waals surface area (Å²) in [6.45, 7) is 9.54. The molecule has 0 saturated heterocycles. The number of hydrogen-bond acceptors (Lipinski definition) is 2. The van der Waals surface area contributed by atoms with Crippen LogP contribution in [0, 0.1) is 0 Å². The van der Waals surface area contributed by atoms with Crippen molar-refractivity contribution in [1.82, 2.24) is 0 Å². The minimum Gasteiger partial charge on any atom is -0.494 e. The van der Waals surface area contributed by atoms with Gasteiger partial charge in [0.15, 0.2) is 0 Å². The maximum atomic E-state index is 5.70. The largest absolute Gasteiger partial charge is 0.494 e. The van der Waals surface area contributed by atoms with Crippen molar-refractivity contribution in [1.29, 1.82) is 0 Å². The van der Waals surface area contributed by atoms with Crippen molar-refractivity contribution in [3.63, 3.8) is 0 Å². The van der Waals surface area contributed by atoms with Crippen LogP contribution in [0.5, 0.6) is 5.75 Å². The lowest BCUT2D eigenvalue weighted by molar-refractivity contribution is 0.329. The minimum atomic E-state index is 0.178. The molecular weight excluding hydrogens is 198 g/mol. The molecule has 1 aliphatic heterocycles. The van der Waals surface area contributed by atoms with Gasteiger partial charge in [-0.05, 0) is 45.2 Å². The number of rotatable bonds is 2. The van der Waals surface area contributed by atoms with E-state index in [2.05, 4.69) is 44.3 Å². The molecule has 1 aromatic rings. The quantitative estimate of drug-likeness (QED) is 0.817. The summed E-state index contributed by atoms with van der Waals surface area (Å²) in [5.41, 5.74) is 2.75. The van der Waals surface area contributed by atoms with E-state index in [-0.39, 0.29) is 5.54 Å². The standard InChI is InChI=1S/C14H21NO/c1-5-16-12-8-6-7-11-13(12)10(2)9-14(3,4)15-11/h6-8,10,15H,5,9H2,1-4H3/t10-/m0/s1. The van der Waals surface area contributed by atoms with Gasteiger partial charge in [-0.3, -0.25) is 0 Å². The van der Waals surface area contributed by atoms with Crippen molar-refractivity contribution in [3.8, 4) is 5.75 Å². The number of ether oxygens (including phenoxy) is 1. The van der Waals surface area contributed by atoms with E-state index in [0.29, 0.717) is 5.92 Å². The third-order valence-corrected chi connectivity index (χ3v) is 3.15. The zero-order valence-corrected chi connectivity index (χ0v) is 10.6. The van der Waals surface area contributed by atoms with Crippen LogP contribution in [-0.2, 0) is 0 Å². The average molecular weight is 219 g/mol. The molecule has 0 fully saturated rings. The highest BCUT2D eigenvalue weighted by Gasteiger charge is 2.31. The van der Waals surface area contributed by atoms with Crippen molar-refractivity contribution in [2.45, 2.75) is 45.6 Å². The molecule has 2 nitrogen and oxygen atoms in total. The fourth-order valence-corrected chi connectivity index (χ4v) is 2.73. The van der Waals surface area contributed by atoms with Crippen LogP contribution < -0.4 is 10.1 Å². The van der Waals surface area contributed by atoms with Gasteiger partial charge in [0.2, 0.25) is 0 Å². The van der Waals surface area contributed by atoms with Crippen LogP contribution in [0.25, 0.3) is 0 Å². The monoisotopic (exact) mass is 219 g/mol. The fourth-order valence-electron chi connectivity index (χ4n) is 2.73. The molecule has 0 unspecified atom stereocenters. The van der Waals surface area contributed by atoms with Gasteiger partial charge in [-0.15, -0.1) is 0 Å². The van der Waals surface area contributed by atoms with Crippen LogP contribution in [0.3, 0.4) is 0 Å². The predicted molar refractivity (Wildman–Crippen MR) is 68.3 cm³/mol. The van der Waals surface area contributed by atoms with E-state index in [0.717, 1.165) is 18.8 Å². The highest BCUT2D eigenvalue weighted by atomic mass is 16.5. The van der Waals surface area contributed by atoms with E-state index in [1.54, 1.807) is 0 Å². The first-order valence-electron chi connectivity index (χ1n) is 6.07. The number of anilines is 1. The smallest absolute Gasteiger partial charge is 0.124 e. The lowest BCUT2D eigenvalue weighted by Crippen LogP contribution is -2.36. The molecule has 0 radical (unpaired) electrons. The molecule has 0 spiro atoms. The molecule has 0 saturated carbocycles. The zero-order chi connectivity index (χ0) is 11.8. The van der Waals surface area contributed by atoms with E-state index >= 15 is 0 Å². The second kappa shape index (κ2) is 4.00. The van der Waals surface area contributed by atoms with Crippen molar-refractivity contribution in [2.75, 3.05) is 11.9 Å². The van der Waals surface area contributed by atoms with E-state index in [1.165, 1.54) is 11.3 Å². The molecule has 16 heavy (non-hydrogen) atoms. The molecule has 1 atom stereocenters. The van der Waals surface area contributed by atoms with Gasteiger partial charge in [0.1, 0.15) is 5.75 Å². The van der Waals surface area contributed by atoms with E-state index in [9.17, 15) is 0 Å². The summed E-state index contributed by atoms with van der Waals surface area (Å²) in [7, 11) is 0. The Morgan fingerprint density at radius 1 is 1.44 bits per heavy atom. The minimum absolute atomic E-state index is 0.178. The highest BCUT2D eigenvalue weighted by molar-refractivity contribution is 5.62. The lowest BCUT2D eigenvalue weighted by atomic mass is 9.81. The molecule has 0 aromatic heterocycles. The van der Waals surface area contributed by atoms with Gasteiger partial charge < -0.3 is 10.1 Å². The highest BCUT2D eigenvalue weighted by Crippen LogP contribution is 2.43. The summed E-state index contributed by atoms with van der Waals surface area (Å²) >= 11 is 0. The van der Waals surface area contributed by atoms with Crippen molar-refractivity contribution < 1.29 is 4.74 Å². The molecule has 2 rings (SSSR count). The topological polar surface area (TPSA) is 21.3 Å². The lowest BCUT2D eigenvalue weighted by Gasteiger charge is -2.38. The molecular formula is C14H21NO. The maximum absolute atomic E-state index is 5.70. The number of fused-ring (bicyclic) bond motifs is 1. The molecule has 0 aliphatic carbocycles. The first-order chi connectivity index (χ1) is 7.53. The van der Waals surface area contributed by atoms with Gasteiger partial charge in [-0.1, -0.05) is 13.0 Å². The van der Waals surface area contributed by atoms with Crippen molar-refractivity contribution in [3.05, 3.63) is 23.8 Å². The Bertz CT molecular complexity index is 384. The fraction of sp³-hybridized carbons (Fsp3) is 0.571. The van der Waals surface area contributed by atoms with E-state index in [4.69, 9.17) is 4.74 Å². The van der Waals surface area contributed by atoms with Crippen LogP contribution in [-0.4, -0.2) is 12.1 Å². The Morgan fingerprint density at radius 3 is 2.88 bits per heavy atom. The van der Waals surface area contributed by atoms with Crippen LogP contribution in [0.4, 0.5) is 5.69 Å². The summed E-state index contributed by atoms with van der Waals surface area (Å²) in [6.07, 6.45) is 1.14. The van der Waals surface area contributed by atoms with Crippen molar-refractivity contribution in [2.24, 2.45) is 0 Å². The molecule has 0 bridgehead atoms. The van der Waals surface area contributed by atoms with Gasteiger partial charge in [0.05, 0.1) is 6.61 Å². The summed E-state index contributed by atoms with van der Waals surface area (Å²) < 4.78 is 5.70. The summed E-state index contributed by atoms with van der Waals surface area (Å²) in [6, 6.07) is 6.28. The van der Waals surface area contributed by atoms with Crippen molar-refractivity contribution >= 4 is 5.69 Å². The number of hydrogen-bond donors (Lipinski definition) is 1. The van der Waals surface area contributed by atoms with Crippen LogP contribution in [0.2, 0.25) is 0 Å². The number of benzene rings is 1. The summed E-state index contributed by atoms with van der Waals surface area (Å²) in [5, 5.41) is 3.59. The van der Waals surface area contributed by atoms with Gasteiger partial charge in [-0.25, -0.2) is 0 Å². The van der Waals surface area contributed by atoms with E-state index < -0.39 is 0 Å². The Kier molecular flexibility index (Phi) is 2.83. The third-order valence-electron chi connectivity index (χ3n) is 3.15. The normalized spacial score (nSPS) is 22.1. The molecule has 1 N–H and O–H groups in total.